The van der Waals surface area contributed by atoms with Crippen LogP contribution in [0, 0.1) is 18.3 Å². The van der Waals surface area contributed by atoms with Crippen molar-refractivity contribution in [2.45, 2.75) is 13.0 Å². The van der Waals surface area contributed by atoms with Crippen molar-refractivity contribution < 1.29 is 0 Å². The Morgan fingerprint density at radius 1 is 1.55 bits per heavy atom. The molecule has 20 heavy (non-hydrogen) atoms. The van der Waals surface area contributed by atoms with Gasteiger partial charge in [-0.1, -0.05) is 0 Å². The highest BCUT2D eigenvalue weighted by Gasteiger charge is 2.22. The Morgan fingerprint density at radius 2 is 2.35 bits per heavy atom. The minimum Gasteiger partial charge on any atom is -0.382 e. The molecule has 3 heterocycles. The number of rotatable bonds is 3. The predicted molar refractivity (Wildman–Crippen MR) is 75.5 cm³/mol. The molecule has 2 aromatic rings. The van der Waals surface area contributed by atoms with Gasteiger partial charge in [0.2, 0.25) is 0 Å². The fourth-order valence-electron chi connectivity index (χ4n) is 2.04. The van der Waals surface area contributed by atoms with Gasteiger partial charge in [-0.25, -0.2) is 4.98 Å². The van der Waals surface area contributed by atoms with Crippen LogP contribution in [0.5, 0.6) is 0 Å². The smallest absolute Gasteiger partial charge is 0.169 e. The molecular weight excluding hydrogens is 254 g/mol. The minimum absolute atomic E-state index is 0.287. The van der Waals surface area contributed by atoms with Gasteiger partial charge in [0.1, 0.15) is 17.5 Å². The van der Waals surface area contributed by atoms with E-state index in [0.29, 0.717) is 23.0 Å². The Hall–Kier alpha value is -2.59. The van der Waals surface area contributed by atoms with E-state index in [1.807, 2.05) is 19.1 Å². The fourth-order valence-corrected chi connectivity index (χ4v) is 2.04. The average molecular weight is 269 g/mol. The molecule has 0 spiro atoms. The highest BCUT2D eigenvalue weighted by Crippen LogP contribution is 2.24. The number of nitrogen functional groups attached to an aromatic ring is 1. The maximum absolute atomic E-state index is 9.26. The van der Waals surface area contributed by atoms with E-state index in [1.54, 1.807) is 6.20 Å². The first-order valence-electron chi connectivity index (χ1n) is 6.38. The predicted octanol–water partition coefficient (Wildman–Crippen LogP) is 0.413. The van der Waals surface area contributed by atoms with Crippen molar-refractivity contribution in [3.63, 3.8) is 0 Å². The van der Waals surface area contributed by atoms with Crippen LogP contribution in [0.25, 0.3) is 5.82 Å². The summed E-state index contributed by atoms with van der Waals surface area (Å²) >= 11 is 0. The molecule has 0 radical (unpaired) electrons. The molecule has 1 fully saturated rings. The first kappa shape index (κ1) is 12.4. The molecule has 1 aliphatic heterocycles. The molecule has 1 aliphatic rings. The first-order valence-corrected chi connectivity index (χ1v) is 6.38. The van der Waals surface area contributed by atoms with Crippen LogP contribution in [0.2, 0.25) is 0 Å². The van der Waals surface area contributed by atoms with Gasteiger partial charge in [0.05, 0.1) is 6.04 Å². The van der Waals surface area contributed by atoms with E-state index in [9.17, 15) is 5.26 Å². The maximum Gasteiger partial charge on any atom is 0.169 e. The molecule has 0 bridgehead atoms. The molecule has 2 aromatic heterocycles. The molecule has 0 unspecified atom stereocenters. The molecule has 7 nitrogen and oxygen atoms in total. The number of nitrogens with zero attached hydrogens (tertiary/aromatic N) is 4. The molecule has 1 saturated heterocycles. The summed E-state index contributed by atoms with van der Waals surface area (Å²) in [5.74, 6) is 1.43. The molecule has 7 heteroatoms. The van der Waals surface area contributed by atoms with E-state index in [2.05, 4.69) is 26.8 Å². The minimum atomic E-state index is 0.287. The van der Waals surface area contributed by atoms with Gasteiger partial charge in [0, 0.05) is 19.3 Å². The highest BCUT2D eigenvalue weighted by atomic mass is 15.4. The Balaban J connectivity index is 2.01. The molecule has 0 saturated carbocycles. The number of nitrogens with one attached hydrogen (secondary N) is 2. The zero-order chi connectivity index (χ0) is 14.1. The zero-order valence-corrected chi connectivity index (χ0v) is 11.1. The van der Waals surface area contributed by atoms with Crippen LogP contribution >= 0.6 is 0 Å². The molecule has 0 aliphatic carbocycles. The van der Waals surface area contributed by atoms with Crippen LogP contribution in [0.4, 0.5) is 11.6 Å². The lowest BCUT2D eigenvalue weighted by Gasteiger charge is -2.27. The standard InChI is InChI=1S/C13H15N7/c1-8-2-3-17-11(4-8)20-12(15)10(5-14)13(19-20)18-9-6-16-7-9/h2-4,9,16H,6-7,15H2,1H3,(H,18,19). The summed E-state index contributed by atoms with van der Waals surface area (Å²) in [6.45, 7) is 3.69. The van der Waals surface area contributed by atoms with Crippen LogP contribution in [-0.2, 0) is 0 Å². The second kappa shape index (κ2) is 4.83. The quantitative estimate of drug-likeness (QED) is 0.745. The Kier molecular flexibility index (Phi) is 3.00. The first-order chi connectivity index (χ1) is 9.69. The van der Waals surface area contributed by atoms with Crippen molar-refractivity contribution in [2.24, 2.45) is 0 Å². The van der Waals surface area contributed by atoms with E-state index in [-0.39, 0.29) is 6.04 Å². The Labute approximate surface area is 116 Å². The van der Waals surface area contributed by atoms with Crippen LogP contribution in [0.3, 0.4) is 0 Å². The van der Waals surface area contributed by atoms with Crippen molar-refractivity contribution in [3.05, 3.63) is 29.5 Å². The van der Waals surface area contributed by atoms with Crippen LogP contribution < -0.4 is 16.4 Å². The zero-order valence-electron chi connectivity index (χ0n) is 11.1. The van der Waals surface area contributed by atoms with Crippen LogP contribution in [-0.4, -0.2) is 33.9 Å². The van der Waals surface area contributed by atoms with Gasteiger partial charge in [-0.3, -0.25) is 0 Å². The molecule has 4 N–H and O–H groups in total. The normalized spacial score (nSPS) is 14.6. The lowest BCUT2D eigenvalue weighted by Crippen LogP contribution is -2.51. The Bertz CT molecular complexity index is 679. The van der Waals surface area contributed by atoms with Gasteiger partial charge in [0.15, 0.2) is 11.6 Å². The van der Waals surface area contributed by atoms with Crippen molar-refractivity contribution in [3.8, 4) is 11.9 Å². The van der Waals surface area contributed by atoms with Gasteiger partial charge in [-0.2, -0.15) is 9.94 Å². The summed E-state index contributed by atoms with van der Waals surface area (Å²) in [5.41, 5.74) is 7.43. The van der Waals surface area contributed by atoms with Crippen molar-refractivity contribution >= 4 is 11.6 Å². The van der Waals surface area contributed by atoms with Crippen LogP contribution in [0.15, 0.2) is 18.3 Å². The van der Waals surface area contributed by atoms with Crippen molar-refractivity contribution in [1.29, 1.82) is 5.26 Å². The van der Waals surface area contributed by atoms with Gasteiger partial charge >= 0.3 is 0 Å². The number of nitrogens with two attached hydrogens (primary N) is 1. The SMILES string of the molecule is Cc1ccnc(-n2nc(NC3CNC3)c(C#N)c2N)c1. The molecule has 102 valence electrons. The summed E-state index contributed by atoms with van der Waals surface area (Å²) in [6, 6.07) is 6.16. The number of hydrogen-bond acceptors (Lipinski definition) is 6. The number of anilines is 2. The Morgan fingerprint density at radius 3 is 2.95 bits per heavy atom. The van der Waals surface area contributed by atoms with Crippen molar-refractivity contribution in [1.82, 2.24) is 20.1 Å². The number of aromatic nitrogens is 3. The van der Waals surface area contributed by atoms with Gasteiger partial charge < -0.3 is 16.4 Å². The van der Waals surface area contributed by atoms with Crippen molar-refractivity contribution in [2.75, 3.05) is 24.1 Å². The van der Waals surface area contributed by atoms with Gasteiger partial charge in [-0.05, 0) is 24.6 Å². The van der Waals surface area contributed by atoms with E-state index in [1.165, 1.54) is 4.68 Å². The summed E-state index contributed by atoms with van der Waals surface area (Å²) in [5, 5.41) is 20.0. The molecular formula is C13H15N7. The molecule has 0 amide bonds. The number of aryl methyl sites for hydroxylation is 1. The third kappa shape index (κ3) is 2.06. The lowest BCUT2D eigenvalue weighted by atomic mass is 10.2. The van der Waals surface area contributed by atoms with E-state index < -0.39 is 0 Å². The monoisotopic (exact) mass is 269 g/mol. The molecule has 0 atom stereocenters. The molecule has 3 rings (SSSR count). The summed E-state index contributed by atoms with van der Waals surface area (Å²) in [7, 11) is 0. The van der Waals surface area contributed by atoms with E-state index in [0.717, 1.165) is 18.7 Å². The maximum atomic E-state index is 9.26. The summed E-state index contributed by atoms with van der Waals surface area (Å²) in [6.07, 6.45) is 1.70. The largest absolute Gasteiger partial charge is 0.382 e. The van der Waals surface area contributed by atoms with Crippen LogP contribution in [0.1, 0.15) is 11.1 Å². The second-order valence-corrected chi connectivity index (χ2v) is 4.82. The summed E-state index contributed by atoms with van der Waals surface area (Å²) < 4.78 is 1.50. The van der Waals surface area contributed by atoms with Gasteiger partial charge in [-0.15, -0.1) is 5.10 Å². The fraction of sp³-hybridized carbons (Fsp3) is 0.308. The third-order valence-electron chi connectivity index (χ3n) is 3.27. The third-order valence-corrected chi connectivity index (χ3v) is 3.27. The number of hydrogen-bond donors (Lipinski definition) is 3. The molecule has 0 aromatic carbocycles. The average Bonchev–Trinajstić information content (AvgIpc) is 2.70. The summed E-state index contributed by atoms with van der Waals surface area (Å²) in [4.78, 5) is 4.24. The van der Waals surface area contributed by atoms with E-state index in [4.69, 9.17) is 5.73 Å². The lowest BCUT2D eigenvalue weighted by molar-refractivity contribution is 0.470. The second-order valence-electron chi connectivity index (χ2n) is 4.82. The van der Waals surface area contributed by atoms with Gasteiger partial charge in [0.25, 0.3) is 0 Å². The topological polar surface area (TPSA) is 105 Å². The number of nitriles is 1. The number of pyridine rings is 1. The highest BCUT2D eigenvalue weighted by molar-refractivity contribution is 5.66. The van der Waals surface area contributed by atoms with E-state index >= 15 is 0 Å².